The molecule has 0 atom stereocenters. The van der Waals surface area contributed by atoms with E-state index in [0.717, 1.165) is 18.0 Å². The third kappa shape index (κ3) is 3.23. The normalized spacial score (nSPS) is 15.9. The maximum Gasteiger partial charge on any atom is 0.255 e. The van der Waals surface area contributed by atoms with Gasteiger partial charge in [0.05, 0.1) is 0 Å². The zero-order valence-corrected chi connectivity index (χ0v) is 13.1. The van der Waals surface area contributed by atoms with Gasteiger partial charge >= 0.3 is 0 Å². The van der Waals surface area contributed by atoms with Crippen LogP contribution in [-0.4, -0.2) is 22.9 Å². The molecule has 1 aromatic heterocycles. The Morgan fingerprint density at radius 2 is 2.10 bits per heavy atom. The molecule has 1 amide bonds. The maximum atomic E-state index is 11.6. The van der Waals surface area contributed by atoms with E-state index in [2.05, 4.69) is 23.1 Å². The number of nitrogen functional groups attached to an aromatic ring is 1. The van der Waals surface area contributed by atoms with Gasteiger partial charge in [0.2, 0.25) is 0 Å². The zero-order chi connectivity index (χ0) is 14.7. The van der Waals surface area contributed by atoms with Gasteiger partial charge in [-0.25, -0.2) is 0 Å². The van der Waals surface area contributed by atoms with Crippen LogP contribution in [0.1, 0.15) is 56.3 Å². The smallest absolute Gasteiger partial charge is 0.255 e. The molecular weight excluding hydrogens is 272 g/mol. The molecule has 5 nitrogen and oxygen atoms in total. The quantitative estimate of drug-likeness (QED) is 0.845. The Hall–Kier alpha value is -1.30. The van der Waals surface area contributed by atoms with Crippen molar-refractivity contribution in [3.05, 3.63) is 5.56 Å². The molecule has 1 aromatic rings. The van der Waals surface area contributed by atoms with Crippen molar-refractivity contribution in [2.45, 2.75) is 52.0 Å². The zero-order valence-electron chi connectivity index (χ0n) is 12.3. The van der Waals surface area contributed by atoms with Crippen LogP contribution in [0.5, 0.6) is 0 Å². The average molecular weight is 296 g/mol. The number of amides is 1. The second kappa shape index (κ2) is 6.43. The Balaban J connectivity index is 2.27. The van der Waals surface area contributed by atoms with Crippen LogP contribution in [0.3, 0.4) is 0 Å². The Morgan fingerprint density at radius 1 is 1.45 bits per heavy atom. The van der Waals surface area contributed by atoms with Crippen molar-refractivity contribution >= 4 is 28.3 Å². The molecule has 0 radical (unpaired) electrons. The van der Waals surface area contributed by atoms with E-state index in [1.54, 1.807) is 0 Å². The lowest BCUT2D eigenvalue weighted by Crippen LogP contribution is -2.35. The van der Waals surface area contributed by atoms with E-state index < -0.39 is 5.91 Å². The van der Waals surface area contributed by atoms with E-state index in [1.165, 1.54) is 37.2 Å². The molecule has 1 heterocycles. The lowest BCUT2D eigenvalue weighted by molar-refractivity contribution is 0.100. The van der Waals surface area contributed by atoms with Gasteiger partial charge in [-0.05, 0) is 36.7 Å². The first-order valence-electron chi connectivity index (χ1n) is 7.32. The molecule has 0 spiro atoms. The van der Waals surface area contributed by atoms with Crippen LogP contribution in [0.2, 0.25) is 0 Å². The second-order valence-corrected chi connectivity index (χ2v) is 6.68. The summed E-state index contributed by atoms with van der Waals surface area (Å²) in [6, 6.07) is 0.492. The molecule has 1 fully saturated rings. The number of rotatable bonds is 6. The summed E-state index contributed by atoms with van der Waals surface area (Å²) in [5.74, 6) is 0.421. The molecule has 112 valence electrons. The predicted octanol–water partition coefficient (Wildman–Crippen LogP) is 2.62. The molecule has 0 bridgehead atoms. The van der Waals surface area contributed by atoms with Gasteiger partial charge in [-0.3, -0.25) is 4.79 Å². The third-order valence-corrected chi connectivity index (χ3v) is 4.82. The molecule has 0 aromatic carbocycles. The van der Waals surface area contributed by atoms with Gasteiger partial charge in [-0.2, -0.15) is 4.37 Å². The monoisotopic (exact) mass is 296 g/mol. The van der Waals surface area contributed by atoms with Gasteiger partial charge in [-0.1, -0.05) is 26.7 Å². The van der Waals surface area contributed by atoms with Crippen LogP contribution in [0.25, 0.3) is 0 Å². The highest BCUT2D eigenvalue weighted by molar-refractivity contribution is 7.11. The first-order chi connectivity index (χ1) is 9.50. The van der Waals surface area contributed by atoms with Crippen molar-refractivity contribution in [2.75, 3.05) is 17.2 Å². The van der Waals surface area contributed by atoms with Crippen molar-refractivity contribution in [1.82, 2.24) is 4.37 Å². The van der Waals surface area contributed by atoms with E-state index in [4.69, 9.17) is 11.5 Å². The van der Waals surface area contributed by atoms with Crippen LogP contribution in [-0.2, 0) is 0 Å². The van der Waals surface area contributed by atoms with Crippen molar-refractivity contribution in [3.63, 3.8) is 0 Å². The lowest BCUT2D eigenvalue weighted by Gasteiger charge is -2.30. The van der Waals surface area contributed by atoms with Crippen LogP contribution < -0.4 is 16.4 Å². The van der Waals surface area contributed by atoms with E-state index in [0.29, 0.717) is 17.5 Å². The van der Waals surface area contributed by atoms with Crippen molar-refractivity contribution in [1.29, 1.82) is 0 Å². The lowest BCUT2D eigenvalue weighted by atomic mass is 10.1. The Labute approximate surface area is 124 Å². The van der Waals surface area contributed by atoms with E-state index in [9.17, 15) is 4.79 Å². The van der Waals surface area contributed by atoms with Gasteiger partial charge in [0, 0.05) is 12.6 Å². The minimum absolute atomic E-state index is 0.269. The van der Waals surface area contributed by atoms with Gasteiger partial charge in [0.25, 0.3) is 5.91 Å². The molecule has 2 rings (SSSR count). The summed E-state index contributed by atoms with van der Waals surface area (Å²) in [5, 5.41) is 0.863. The highest BCUT2D eigenvalue weighted by atomic mass is 32.1. The summed E-state index contributed by atoms with van der Waals surface area (Å²) in [6.45, 7) is 5.36. The Kier molecular flexibility index (Phi) is 4.86. The standard InChI is InChI=1S/C14H24N4OS/c1-9(2)7-8-18(10-5-3-4-6-10)14-11(13(16)19)12(15)17-20-14/h9-10H,3-8H2,1-2H3,(H2,15,17)(H2,16,19). The summed E-state index contributed by atoms with van der Waals surface area (Å²) < 4.78 is 4.13. The molecule has 4 N–H and O–H groups in total. The van der Waals surface area contributed by atoms with Crippen LogP contribution in [0.15, 0.2) is 0 Å². The molecule has 20 heavy (non-hydrogen) atoms. The van der Waals surface area contributed by atoms with Gasteiger partial charge in [0.1, 0.15) is 10.6 Å². The fourth-order valence-corrected chi connectivity index (χ4v) is 3.70. The van der Waals surface area contributed by atoms with Gasteiger partial charge < -0.3 is 16.4 Å². The summed E-state index contributed by atoms with van der Waals surface area (Å²) in [7, 11) is 0. The topological polar surface area (TPSA) is 85.2 Å². The highest BCUT2D eigenvalue weighted by Crippen LogP contribution is 2.36. The van der Waals surface area contributed by atoms with Gasteiger partial charge in [-0.15, -0.1) is 0 Å². The number of carbonyl (C=O) groups excluding carboxylic acids is 1. The largest absolute Gasteiger partial charge is 0.382 e. The van der Waals surface area contributed by atoms with E-state index >= 15 is 0 Å². The Bertz CT molecular complexity index is 466. The number of carbonyl (C=O) groups is 1. The SMILES string of the molecule is CC(C)CCN(c1snc(N)c1C(N)=O)C1CCCC1. The number of primary amides is 1. The first-order valence-corrected chi connectivity index (χ1v) is 8.09. The number of hydrogen-bond donors (Lipinski definition) is 2. The Morgan fingerprint density at radius 3 is 2.65 bits per heavy atom. The second-order valence-electron chi connectivity index (χ2n) is 5.93. The predicted molar refractivity (Wildman–Crippen MR) is 84.1 cm³/mol. The van der Waals surface area contributed by atoms with Gasteiger partial charge in [0.15, 0.2) is 5.82 Å². The molecular formula is C14H24N4OS. The summed E-state index contributed by atoms with van der Waals surface area (Å²) >= 11 is 1.30. The number of hydrogen-bond acceptors (Lipinski definition) is 5. The molecule has 1 aliphatic carbocycles. The fraction of sp³-hybridized carbons (Fsp3) is 0.714. The van der Waals surface area contributed by atoms with Crippen LogP contribution in [0, 0.1) is 5.92 Å². The van der Waals surface area contributed by atoms with E-state index in [1.807, 2.05) is 0 Å². The molecule has 6 heteroatoms. The van der Waals surface area contributed by atoms with E-state index in [-0.39, 0.29) is 5.82 Å². The first kappa shape index (κ1) is 15.1. The molecule has 0 aliphatic heterocycles. The van der Waals surface area contributed by atoms with Crippen LogP contribution >= 0.6 is 11.5 Å². The van der Waals surface area contributed by atoms with Crippen LogP contribution in [0.4, 0.5) is 10.8 Å². The number of aromatic nitrogens is 1. The maximum absolute atomic E-state index is 11.6. The minimum atomic E-state index is -0.473. The third-order valence-electron chi connectivity index (χ3n) is 3.92. The summed E-state index contributed by atoms with van der Waals surface area (Å²) in [5.41, 5.74) is 11.7. The number of nitrogens with zero attached hydrogens (tertiary/aromatic N) is 2. The summed E-state index contributed by atoms with van der Waals surface area (Å²) in [4.78, 5) is 14.0. The number of nitrogens with two attached hydrogens (primary N) is 2. The molecule has 1 aliphatic rings. The minimum Gasteiger partial charge on any atom is -0.382 e. The molecule has 1 saturated carbocycles. The average Bonchev–Trinajstić information content (AvgIpc) is 2.99. The highest BCUT2D eigenvalue weighted by Gasteiger charge is 2.28. The van der Waals surface area contributed by atoms with Crippen molar-refractivity contribution in [3.8, 4) is 0 Å². The van der Waals surface area contributed by atoms with Crippen molar-refractivity contribution < 1.29 is 4.79 Å². The number of anilines is 2. The van der Waals surface area contributed by atoms with Crippen molar-refractivity contribution in [2.24, 2.45) is 11.7 Å². The summed E-state index contributed by atoms with van der Waals surface area (Å²) in [6.07, 6.45) is 5.95. The fourth-order valence-electron chi connectivity index (χ4n) is 2.78. The molecule has 0 saturated heterocycles. The molecule has 0 unspecified atom stereocenters.